The van der Waals surface area contributed by atoms with Crippen LogP contribution in [0.4, 0.5) is 5.82 Å². The molecule has 3 heterocycles. The van der Waals surface area contributed by atoms with Crippen LogP contribution in [0.5, 0.6) is 0 Å². The summed E-state index contributed by atoms with van der Waals surface area (Å²) in [6.45, 7) is 2.21. The van der Waals surface area contributed by atoms with Crippen molar-refractivity contribution in [1.82, 2.24) is 14.6 Å². The fourth-order valence-electron chi connectivity index (χ4n) is 2.10. The number of rotatable bonds is 2. The number of alkyl halides is 1. The van der Waals surface area contributed by atoms with Crippen molar-refractivity contribution in [3.05, 3.63) is 24.0 Å². The molecule has 0 aromatic carbocycles. The van der Waals surface area contributed by atoms with Gasteiger partial charge in [-0.2, -0.15) is 0 Å². The van der Waals surface area contributed by atoms with E-state index in [2.05, 4.69) is 15.0 Å². The first kappa shape index (κ1) is 9.90. The Morgan fingerprint density at radius 2 is 2.06 bits per heavy atom. The maximum Gasteiger partial charge on any atom is 0.153 e. The Balaban J connectivity index is 2.00. The summed E-state index contributed by atoms with van der Waals surface area (Å²) in [7, 11) is 0. The Morgan fingerprint density at radius 3 is 2.81 bits per heavy atom. The van der Waals surface area contributed by atoms with Crippen LogP contribution in [-0.4, -0.2) is 27.7 Å². The van der Waals surface area contributed by atoms with Gasteiger partial charge in [0.15, 0.2) is 5.65 Å². The van der Waals surface area contributed by atoms with Gasteiger partial charge in [-0.1, -0.05) is 0 Å². The lowest BCUT2D eigenvalue weighted by molar-refractivity contribution is 0.859. The molecule has 0 aliphatic carbocycles. The molecule has 1 saturated heterocycles. The number of aromatic nitrogens is 3. The number of imidazole rings is 1. The van der Waals surface area contributed by atoms with Crippen LogP contribution < -0.4 is 4.90 Å². The van der Waals surface area contributed by atoms with Crippen molar-refractivity contribution in [1.29, 1.82) is 0 Å². The SMILES string of the molecule is ClCc1cn2nc(N3CCCC3)ccc2n1. The van der Waals surface area contributed by atoms with E-state index in [9.17, 15) is 0 Å². The molecule has 0 atom stereocenters. The van der Waals surface area contributed by atoms with Gasteiger partial charge in [-0.05, 0) is 25.0 Å². The quantitative estimate of drug-likeness (QED) is 0.749. The molecule has 5 heteroatoms. The maximum atomic E-state index is 5.75. The van der Waals surface area contributed by atoms with Gasteiger partial charge in [-0.3, -0.25) is 0 Å². The highest BCUT2D eigenvalue weighted by molar-refractivity contribution is 6.16. The van der Waals surface area contributed by atoms with Crippen LogP contribution in [0.15, 0.2) is 18.3 Å². The van der Waals surface area contributed by atoms with Crippen molar-refractivity contribution in [2.24, 2.45) is 0 Å². The fraction of sp³-hybridized carbons (Fsp3) is 0.455. The molecule has 1 fully saturated rings. The highest BCUT2D eigenvalue weighted by Crippen LogP contribution is 2.18. The van der Waals surface area contributed by atoms with Crippen molar-refractivity contribution in [3.63, 3.8) is 0 Å². The van der Waals surface area contributed by atoms with Crippen molar-refractivity contribution in [2.45, 2.75) is 18.7 Å². The number of nitrogens with zero attached hydrogens (tertiary/aromatic N) is 4. The summed E-state index contributed by atoms with van der Waals surface area (Å²) >= 11 is 5.75. The van der Waals surface area contributed by atoms with E-state index in [4.69, 9.17) is 11.6 Å². The summed E-state index contributed by atoms with van der Waals surface area (Å²) in [4.78, 5) is 6.65. The predicted molar refractivity (Wildman–Crippen MR) is 64.0 cm³/mol. The van der Waals surface area contributed by atoms with Crippen LogP contribution in [0.25, 0.3) is 5.65 Å². The summed E-state index contributed by atoms with van der Waals surface area (Å²) in [5.74, 6) is 1.46. The van der Waals surface area contributed by atoms with Crippen LogP contribution in [0.3, 0.4) is 0 Å². The second-order valence-electron chi connectivity index (χ2n) is 4.05. The third-order valence-corrected chi connectivity index (χ3v) is 3.20. The van der Waals surface area contributed by atoms with Crippen LogP contribution >= 0.6 is 11.6 Å². The monoisotopic (exact) mass is 236 g/mol. The Labute approximate surface area is 98.8 Å². The van der Waals surface area contributed by atoms with E-state index in [1.165, 1.54) is 12.8 Å². The van der Waals surface area contributed by atoms with Gasteiger partial charge in [0, 0.05) is 13.1 Å². The third-order valence-electron chi connectivity index (χ3n) is 2.92. The van der Waals surface area contributed by atoms with E-state index in [1.807, 2.05) is 22.8 Å². The van der Waals surface area contributed by atoms with E-state index in [-0.39, 0.29) is 0 Å². The summed E-state index contributed by atoms with van der Waals surface area (Å²) in [5, 5.41) is 4.55. The first-order valence-corrected chi connectivity index (χ1v) is 6.06. The molecular formula is C11H13ClN4. The van der Waals surface area contributed by atoms with Gasteiger partial charge < -0.3 is 4.90 Å². The molecule has 0 amide bonds. The number of hydrogen-bond donors (Lipinski definition) is 0. The van der Waals surface area contributed by atoms with Gasteiger partial charge >= 0.3 is 0 Å². The molecule has 1 aliphatic heterocycles. The fourth-order valence-corrected chi connectivity index (χ4v) is 2.23. The Bertz CT molecular complexity index is 502. The van der Waals surface area contributed by atoms with E-state index in [0.717, 1.165) is 30.2 Å². The lowest BCUT2D eigenvalue weighted by atomic mass is 10.4. The molecule has 1 aliphatic rings. The van der Waals surface area contributed by atoms with E-state index in [0.29, 0.717) is 5.88 Å². The van der Waals surface area contributed by atoms with Crippen LogP contribution in [0.1, 0.15) is 18.5 Å². The molecule has 0 N–H and O–H groups in total. The highest BCUT2D eigenvalue weighted by Gasteiger charge is 2.14. The van der Waals surface area contributed by atoms with Crippen LogP contribution in [0, 0.1) is 0 Å². The van der Waals surface area contributed by atoms with Crippen LogP contribution in [0.2, 0.25) is 0 Å². The average Bonchev–Trinajstić information content (AvgIpc) is 2.96. The molecular weight excluding hydrogens is 224 g/mol. The minimum Gasteiger partial charge on any atom is -0.355 e. The second kappa shape index (κ2) is 3.94. The van der Waals surface area contributed by atoms with Crippen LogP contribution in [-0.2, 0) is 5.88 Å². The first-order valence-electron chi connectivity index (χ1n) is 5.53. The molecule has 0 unspecified atom stereocenters. The maximum absolute atomic E-state index is 5.75. The Kier molecular flexibility index (Phi) is 2.44. The normalized spacial score (nSPS) is 16.2. The predicted octanol–water partition coefficient (Wildman–Crippen LogP) is 2.07. The van der Waals surface area contributed by atoms with E-state index in [1.54, 1.807) is 0 Å². The molecule has 0 saturated carbocycles. The standard InChI is InChI=1S/C11H13ClN4/c12-7-9-8-16-10(13-9)3-4-11(14-16)15-5-1-2-6-15/h3-4,8H,1-2,5-7H2. The zero-order chi connectivity index (χ0) is 11.0. The molecule has 0 radical (unpaired) electrons. The van der Waals surface area contributed by atoms with Crippen molar-refractivity contribution in [2.75, 3.05) is 18.0 Å². The number of halogens is 1. The zero-order valence-corrected chi connectivity index (χ0v) is 9.69. The number of anilines is 1. The van der Waals surface area contributed by atoms with Gasteiger partial charge in [0.2, 0.25) is 0 Å². The summed E-state index contributed by atoms with van der Waals surface area (Å²) in [6, 6.07) is 4.03. The zero-order valence-electron chi connectivity index (χ0n) is 8.93. The first-order chi connectivity index (χ1) is 7.86. The molecule has 2 aromatic heterocycles. The summed E-state index contributed by atoms with van der Waals surface area (Å²) in [6.07, 6.45) is 4.41. The minimum absolute atomic E-state index is 0.433. The van der Waals surface area contributed by atoms with Crippen molar-refractivity contribution in [3.8, 4) is 0 Å². The molecule has 0 bridgehead atoms. The van der Waals surface area contributed by atoms with Gasteiger partial charge in [-0.25, -0.2) is 9.50 Å². The molecule has 2 aromatic rings. The smallest absolute Gasteiger partial charge is 0.153 e. The Hall–Kier alpha value is -1.29. The molecule has 84 valence electrons. The number of hydrogen-bond acceptors (Lipinski definition) is 3. The second-order valence-corrected chi connectivity index (χ2v) is 4.32. The lowest BCUT2D eigenvalue weighted by Crippen LogP contribution is -2.19. The van der Waals surface area contributed by atoms with Crippen molar-refractivity contribution >= 4 is 23.1 Å². The average molecular weight is 237 g/mol. The van der Waals surface area contributed by atoms with Gasteiger partial charge in [0.1, 0.15) is 5.82 Å². The Morgan fingerprint density at radius 1 is 1.25 bits per heavy atom. The summed E-state index contributed by atoms with van der Waals surface area (Å²) in [5.41, 5.74) is 1.73. The van der Waals surface area contributed by atoms with Gasteiger partial charge in [0.05, 0.1) is 17.8 Å². The summed E-state index contributed by atoms with van der Waals surface area (Å²) < 4.78 is 1.81. The molecule has 3 rings (SSSR count). The van der Waals surface area contributed by atoms with Gasteiger partial charge in [0.25, 0.3) is 0 Å². The minimum atomic E-state index is 0.433. The van der Waals surface area contributed by atoms with E-state index < -0.39 is 0 Å². The molecule has 16 heavy (non-hydrogen) atoms. The van der Waals surface area contributed by atoms with Gasteiger partial charge in [-0.15, -0.1) is 16.7 Å². The highest BCUT2D eigenvalue weighted by atomic mass is 35.5. The number of fused-ring (bicyclic) bond motifs is 1. The molecule has 4 nitrogen and oxygen atoms in total. The molecule has 0 spiro atoms. The third kappa shape index (κ3) is 1.63. The van der Waals surface area contributed by atoms with E-state index >= 15 is 0 Å². The lowest BCUT2D eigenvalue weighted by Gasteiger charge is -2.15. The topological polar surface area (TPSA) is 33.4 Å². The van der Waals surface area contributed by atoms with Crippen molar-refractivity contribution < 1.29 is 0 Å². The largest absolute Gasteiger partial charge is 0.355 e.